The Morgan fingerprint density at radius 2 is 1.71 bits per heavy atom. The van der Waals surface area contributed by atoms with Crippen LogP contribution in [0.25, 0.3) is 0 Å². The van der Waals surface area contributed by atoms with Gasteiger partial charge in [0.15, 0.2) is 0 Å². The zero-order chi connectivity index (χ0) is 15.5. The van der Waals surface area contributed by atoms with Gasteiger partial charge >= 0.3 is 0 Å². The van der Waals surface area contributed by atoms with Gasteiger partial charge in [0.25, 0.3) is 0 Å². The molecule has 0 saturated carbocycles. The van der Waals surface area contributed by atoms with E-state index in [-0.39, 0.29) is 5.41 Å². The third-order valence-electron chi connectivity index (χ3n) is 3.63. The summed E-state index contributed by atoms with van der Waals surface area (Å²) in [5.41, 5.74) is 10.1. The fourth-order valence-electron chi connectivity index (χ4n) is 2.32. The van der Waals surface area contributed by atoms with E-state index in [9.17, 15) is 0 Å². The lowest BCUT2D eigenvalue weighted by atomic mass is 9.87. The maximum absolute atomic E-state index is 5.98. The zero-order valence-electron chi connectivity index (χ0n) is 13.4. The highest BCUT2D eigenvalue weighted by atomic mass is 32.2. The maximum atomic E-state index is 5.98. The van der Waals surface area contributed by atoms with Crippen molar-refractivity contribution in [2.45, 2.75) is 43.3 Å². The molecule has 0 heterocycles. The molecule has 0 aliphatic carbocycles. The van der Waals surface area contributed by atoms with Gasteiger partial charge in [-0.25, -0.2) is 0 Å². The number of thioether (sulfide) groups is 1. The summed E-state index contributed by atoms with van der Waals surface area (Å²) >= 11 is 1.84. The van der Waals surface area contributed by atoms with Crippen LogP contribution >= 0.6 is 11.8 Å². The molecule has 0 aromatic heterocycles. The van der Waals surface area contributed by atoms with Crippen LogP contribution in [-0.4, -0.2) is 6.54 Å². The van der Waals surface area contributed by atoms with Gasteiger partial charge in [-0.3, -0.25) is 0 Å². The molecule has 0 aliphatic heterocycles. The fraction of sp³-hybridized carbons (Fsp3) is 0.368. The predicted molar refractivity (Wildman–Crippen MR) is 94.0 cm³/mol. The number of aryl methyl sites for hydroxylation is 1. The molecule has 2 aromatic rings. The highest BCUT2D eigenvalue weighted by Crippen LogP contribution is 2.35. The second kappa shape index (κ2) is 6.67. The van der Waals surface area contributed by atoms with Gasteiger partial charge in [-0.2, -0.15) is 0 Å². The minimum Gasteiger partial charge on any atom is -0.329 e. The Labute approximate surface area is 133 Å². The largest absolute Gasteiger partial charge is 0.329 e. The summed E-state index contributed by atoms with van der Waals surface area (Å²) in [6.07, 6.45) is 0. The Hall–Kier alpha value is -1.25. The Kier molecular flexibility index (Phi) is 5.13. The lowest BCUT2D eigenvalue weighted by molar-refractivity contribution is 0.590. The lowest BCUT2D eigenvalue weighted by Gasteiger charge is -2.20. The molecule has 2 N–H and O–H groups in total. The van der Waals surface area contributed by atoms with Crippen LogP contribution in [0.2, 0.25) is 0 Å². The quantitative estimate of drug-likeness (QED) is 0.796. The Morgan fingerprint density at radius 3 is 2.24 bits per heavy atom. The molecule has 2 heteroatoms. The topological polar surface area (TPSA) is 26.0 Å². The van der Waals surface area contributed by atoms with Crippen LogP contribution in [0.15, 0.2) is 53.4 Å². The standard InChI is InChI=1S/C19H25NS/c1-14-6-5-7-15(12-14)18(13-20)21-17-10-8-16(9-11-17)19(2,3)4/h5-12,18H,13,20H2,1-4H3. The van der Waals surface area contributed by atoms with Crippen LogP contribution in [-0.2, 0) is 5.41 Å². The van der Waals surface area contributed by atoms with Crippen molar-refractivity contribution in [3.8, 4) is 0 Å². The first kappa shape index (κ1) is 16.1. The summed E-state index contributed by atoms with van der Waals surface area (Å²) in [6.45, 7) is 9.49. The van der Waals surface area contributed by atoms with E-state index in [0.29, 0.717) is 11.8 Å². The summed E-state index contributed by atoms with van der Waals surface area (Å²) in [5.74, 6) is 0. The van der Waals surface area contributed by atoms with Crippen molar-refractivity contribution in [2.24, 2.45) is 5.73 Å². The van der Waals surface area contributed by atoms with Gasteiger partial charge in [0.2, 0.25) is 0 Å². The van der Waals surface area contributed by atoms with Gasteiger partial charge in [-0.05, 0) is 35.6 Å². The van der Waals surface area contributed by atoms with Crippen LogP contribution < -0.4 is 5.73 Å². The molecule has 0 bridgehead atoms. The monoisotopic (exact) mass is 299 g/mol. The third kappa shape index (κ3) is 4.36. The molecule has 0 fully saturated rings. The Bertz CT molecular complexity index is 581. The molecular formula is C19H25NS. The molecule has 0 radical (unpaired) electrons. The van der Waals surface area contributed by atoms with Crippen molar-refractivity contribution >= 4 is 11.8 Å². The molecule has 0 saturated heterocycles. The first-order valence-corrected chi connectivity index (χ1v) is 8.32. The fourth-order valence-corrected chi connectivity index (χ4v) is 3.32. The van der Waals surface area contributed by atoms with Crippen molar-refractivity contribution < 1.29 is 0 Å². The summed E-state index contributed by atoms with van der Waals surface area (Å²) in [7, 11) is 0. The minimum atomic E-state index is 0.201. The van der Waals surface area contributed by atoms with Gasteiger partial charge in [-0.15, -0.1) is 11.8 Å². The highest BCUT2D eigenvalue weighted by Gasteiger charge is 2.15. The van der Waals surface area contributed by atoms with Crippen molar-refractivity contribution in [1.82, 2.24) is 0 Å². The molecule has 0 spiro atoms. The number of rotatable bonds is 4. The normalized spacial score (nSPS) is 13.2. The number of nitrogens with two attached hydrogens (primary N) is 1. The van der Waals surface area contributed by atoms with E-state index in [0.717, 1.165) is 0 Å². The molecular weight excluding hydrogens is 274 g/mol. The van der Waals surface area contributed by atoms with Crippen molar-refractivity contribution in [1.29, 1.82) is 0 Å². The van der Waals surface area contributed by atoms with Crippen LogP contribution in [0.5, 0.6) is 0 Å². The van der Waals surface area contributed by atoms with Crippen molar-refractivity contribution in [2.75, 3.05) is 6.54 Å². The summed E-state index contributed by atoms with van der Waals surface area (Å²) in [6, 6.07) is 17.5. The van der Waals surface area contributed by atoms with E-state index in [1.807, 2.05) is 11.8 Å². The number of benzene rings is 2. The lowest BCUT2D eigenvalue weighted by Crippen LogP contribution is -2.11. The van der Waals surface area contributed by atoms with Gasteiger partial charge in [0.05, 0.1) is 0 Å². The summed E-state index contributed by atoms with van der Waals surface area (Å²) in [5, 5.41) is 0.311. The van der Waals surface area contributed by atoms with Crippen molar-refractivity contribution in [3.63, 3.8) is 0 Å². The predicted octanol–water partition coefficient (Wildman–Crippen LogP) is 5.08. The zero-order valence-corrected chi connectivity index (χ0v) is 14.2. The molecule has 112 valence electrons. The number of hydrogen-bond acceptors (Lipinski definition) is 2. The van der Waals surface area contributed by atoms with Gasteiger partial charge in [0, 0.05) is 16.7 Å². The molecule has 0 aliphatic rings. The SMILES string of the molecule is Cc1cccc(C(CN)Sc2ccc(C(C)(C)C)cc2)c1. The first-order valence-electron chi connectivity index (χ1n) is 7.44. The maximum Gasteiger partial charge on any atom is 0.0466 e. The third-order valence-corrected chi connectivity index (χ3v) is 4.92. The molecule has 1 nitrogen and oxygen atoms in total. The molecule has 1 atom stereocenters. The van der Waals surface area contributed by atoms with Crippen LogP contribution in [0.3, 0.4) is 0 Å². The summed E-state index contributed by atoms with van der Waals surface area (Å²) < 4.78 is 0. The van der Waals surface area contributed by atoms with Gasteiger partial charge < -0.3 is 5.73 Å². The van der Waals surface area contributed by atoms with Crippen LogP contribution in [0.1, 0.15) is 42.7 Å². The molecule has 2 aromatic carbocycles. The van der Waals surface area contributed by atoms with Crippen molar-refractivity contribution in [3.05, 3.63) is 65.2 Å². The molecule has 1 unspecified atom stereocenters. The molecule has 2 rings (SSSR count). The average Bonchev–Trinajstić information content (AvgIpc) is 2.44. The van der Waals surface area contributed by atoms with E-state index in [1.165, 1.54) is 21.6 Å². The second-order valence-electron chi connectivity index (χ2n) is 6.53. The molecule has 21 heavy (non-hydrogen) atoms. The first-order chi connectivity index (χ1) is 9.90. The van der Waals surface area contributed by atoms with E-state index in [1.54, 1.807) is 0 Å². The van der Waals surface area contributed by atoms with E-state index in [4.69, 9.17) is 5.73 Å². The minimum absolute atomic E-state index is 0.201. The van der Waals surface area contributed by atoms with E-state index < -0.39 is 0 Å². The smallest absolute Gasteiger partial charge is 0.0466 e. The Balaban J connectivity index is 2.15. The van der Waals surface area contributed by atoms with E-state index >= 15 is 0 Å². The molecule has 0 amide bonds. The Morgan fingerprint density at radius 1 is 1.05 bits per heavy atom. The number of hydrogen-bond donors (Lipinski definition) is 1. The van der Waals surface area contributed by atoms with Gasteiger partial charge in [-0.1, -0.05) is 62.7 Å². The average molecular weight is 299 g/mol. The van der Waals surface area contributed by atoms with Crippen LogP contribution in [0, 0.1) is 6.92 Å². The second-order valence-corrected chi connectivity index (χ2v) is 7.81. The van der Waals surface area contributed by atoms with Crippen LogP contribution in [0.4, 0.5) is 0 Å². The highest BCUT2D eigenvalue weighted by molar-refractivity contribution is 7.99. The summed E-state index contributed by atoms with van der Waals surface area (Å²) in [4.78, 5) is 1.28. The van der Waals surface area contributed by atoms with E-state index in [2.05, 4.69) is 76.2 Å². The van der Waals surface area contributed by atoms with Gasteiger partial charge in [0.1, 0.15) is 0 Å².